The third-order valence-corrected chi connectivity index (χ3v) is 4.87. The van der Waals surface area contributed by atoms with Gasteiger partial charge in [-0.1, -0.05) is 73.5 Å². The Bertz CT molecular complexity index is 757. The van der Waals surface area contributed by atoms with Crippen molar-refractivity contribution in [3.63, 3.8) is 0 Å². The van der Waals surface area contributed by atoms with Crippen molar-refractivity contribution in [2.75, 3.05) is 0 Å². The molecule has 0 aromatic heterocycles. The summed E-state index contributed by atoms with van der Waals surface area (Å²) >= 11 is 0. The lowest BCUT2D eigenvalue weighted by Gasteiger charge is -2.32. The Morgan fingerprint density at radius 2 is 1.07 bits per heavy atom. The minimum Gasteiger partial charge on any atom is -0.348 e. The van der Waals surface area contributed by atoms with Crippen molar-refractivity contribution in [3.8, 4) is 0 Å². The fourth-order valence-corrected chi connectivity index (χ4v) is 3.41. The van der Waals surface area contributed by atoms with Crippen LogP contribution >= 0.6 is 0 Å². The zero-order chi connectivity index (χ0) is 19.6. The number of rotatable bonds is 6. The third kappa shape index (κ3) is 6.23. The van der Waals surface area contributed by atoms with Gasteiger partial charge in [-0.15, -0.1) is 0 Å². The van der Waals surface area contributed by atoms with E-state index in [1.165, 1.54) is 0 Å². The molecule has 4 nitrogen and oxygen atoms in total. The smallest absolute Gasteiger partial charge is 0.244 e. The van der Waals surface area contributed by atoms with Crippen LogP contribution in [0.4, 0.5) is 0 Å². The van der Waals surface area contributed by atoms with Crippen molar-refractivity contribution in [1.29, 1.82) is 0 Å². The number of amides is 2. The van der Waals surface area contributed by atoms with Gasteiger partial charge in [-0.25, -0.2) is 0 Å². The molecule has 0 heterocycles. The molecule has 2 aromatic carbocycles. The van der Waals surface area contributed by atoms with E-state index in [0.29, 0.717) is 0 Å². The summed E-state index contributed by atoms with van der Waals surface area (Å²) in [5.41, 5.74) is 1.97. The summed E-state index contributed by atoms with van der Waals surface area (Å²) in [6.45, 7) is 0. The van der Waals surface area contributed by atoms with Gasteiger partial charge in [-0.2, -0.15) is 0 Å². The van der Waals surface area contributed by atoms with Gasteiger partial charge in [-0.3, -0.25) is 9.59 Å². The van der Waals surface area contributed by atoms with Crippen molar-refractivity contribution < 1.29 is 9.59 Å². The summed E-state index contributed by atoms with van der Waals surface area (Å²) in [5.74, 6) is -0.260. The molecule has 3 rings (SSSR count). The van der Waals surface area contributed by atoms with Crippen molar-refractivity contribution in [2.24, 2.45) is 0 Å². The molecule has 1 saturated carbocycles. The predicted molar refractivity (Wildman–Crippen MR) is 113 cm³/mol. The topological polar surface area (TPSA) is 58.2 Å². The summed E-state index contributed by atoms with van der Waals surface area (Å²) in [6, 6.07) is 19.4. The van der Waals surface area contributed by atoms with Crippen molar-refractivity contribution in [2.45, 2.75) is 37.8 Å². The molecule has 1 aliphatic carbocycles. The molecule has 0 aliphatic heterocycles. The second-order valence-corrected chi connectivity index (χ2v) is 7.00. The second kappa shape index (κ2) is 10.3. The maximum atomic E-state index is 12.3. The molecule has 28 heavy (non-hydrogen) atoms. The Morgan fingerprint density at radius 3 is 1.46 bits per heavy atom. The van der Waals surface area contributed by atoms with E-state index < -0.39 is 0 Å². The van der Waals surface area contributed by atoms with Crippen LogP contribution in [-0.4, -0.2) is 23.9 Å². The maximum Gasteiger partial charge on any atom is 0.244 e. The number of nitrogens with one attached hydrogen (secondary N) is 2. The highest BCUT2D eigenvalue weighted by Crippen LogP contribution is 2.19. The number of hydrogen-bond donors (Lipinski definition) is 2. The van der Waals surface area contributed by atoms with E-state index in [4.69, 9.17) is 0 Å². The van der Waals surface area contributed by atoms with Crippen molar-refractivity contribution in [1.82, 2.24) is 10.6 Å². The van der Waals surface area contributed by atoms with E-state index in [-0.39, 0.29) is 23.9 Å². The zero-order valence-corrected chi connectivity index (χ0v) is 15.9. The molecule has 144 valence electrons. The van der Waals surface area contributed by atoms with Crippen LogP contribution in [0.2, 0.25) is 0 Å². The van der Waals surface area contributed by atoms with Crippen LogP contribution in [0, 0.1) is 0 Å². The fraction of sp³-hybridized carbons (Fsp3) is 0.250. The van der Waals surface area contributed by atoms with Crippen molar-refractivity contribution in [3.05, 3.63) is 83.9 Å². The Kier molecular flexibility index (Phi) is 7.19. The zero-order valence-electron chi connectivity index (χ0n) is 15.9. The van der Waals surface area contributed by atoms with Gasteiger partial charge in [0, 0.05) is 24.2 Å². The largest absolute Gasteiger partial charge is 0.348 e. The van der Waals surface area contributed by atoms with Gasteiger partial charge in [0.15, 0.2) is 0 Å². The standard InChI is InChI=1S/C24H26N2O2/c27-23(17-15-19-9-3-1-4-10-19)25-21-13-7-8-14-22(21)26-24(28)18-16-20-11-5-2-6-12-20/h1-6,9-12,15-18,21-22H,7-8,13-14H2,(H,25,27)(H,26,28)/b17-15+,18-16+/t21-,22-/m1/s1. The van der Waals surface area contributed by atoms with Gasteiger partial charge >= 0.3 is 0 Å². The Balaban J connectivity index is 1.54. The first kappa shape index (κ1) is 19.6. The Labute approximate surface area is 166 Å². The Hall–Kier alpha value is -3.14. The van der Waals surface area contributed by atoms with Gasteiger partial charge < -0.3 is 10.6 Å². The summed E-state index contributed by atoms with van der Waals surface area (Å²) in [7, 11) is 0. The quantitative estimate of drug-likeness (QED) is 0.752. The molecule has 0 radical (unpaired) electrons. The molecule has 2 N–H and O–H groups in total. The van der Waals surface area contributed by atoms with E-state index in [1.54, 1.807) is 24.3 Å². The van der Waals surface area contributed by atoms with Gasteiger partial charge in [0.1, 0.15) is 0 Å². The minimum atomic E-state index is -0.130. The molecule has 4 heteroatoms. The lowest BCUT2D eigenvalue weighted by Crippen LogP contribution is -2.52. The first-order valence-corrected chi connectivity index (χ1v) is 9.78. The van der Waals surface area contributed by atoms with Crippen LogP contribution in [0.1, 0.15) is 36.8 Å². The molecule has 2 aromatic rings. The lowest BCUT2D eigenvalue weighted by molar-refractivity contribution is -0.120. The molecule has 0 saturated heterocycles. The molecule has 1 fully saturated rings. The molecule has 2 atom stereocenters. The average molecular weight is 374 g/mol. The molecular formula is C24H26N2O2. The highest BCUT2D eigenvalue weighted by atomic mass is 16.2. The molecule has 0 unspecified atom stereocenters. The minimum absolute atomic E-state index is 0.0456. The number of hydrogen-bond acceptors (Lipinski definition) is 2. The van der Waals surface area contributed by atoms with Gasteiger partial charge in [-0.05, 0) is 36.1 Å². The number of carbonyl (C=O) groups is 2. The van der Waals surface area contributed by atoms with E-state index >= 15 is 0 Å². The summed E-state index contributed by atoms with van der Waals surface area (Å²) in [4.78, 5) is 24.6. The second-order valence-electron chi connectivity index (χ2n) is 7.00. The maximum absolute atomic E-state index is 12.3. The van der Waals surface area contributed by atoms with Crippen LogP contribution in [-0.2, 0) is 9.59 Å². The SMILES string of the molecule is O=C(/C=C/c1ccccc1)N[C@@H]1CCCC[C@H]1NC(=O)/C=C/c1ccccc1. The predicted octanol–water partition coefficient (Wildman–Crippen LogP) is 3.96. The number of benzene rings is 2. The van der Waals surface area contributed by atoms with E-state index in [0.717, 1.165) is 36.8 Å². The number of carbonyl (C=O) groups excluding carboxylic acids is 2. The molecule has 1 aliphatic rings. The molecule has 0 bridgehead atoms. The molecular weight excluding hydrogens is 348 g/mol. The summed E-state index contributed by atoms with van der Waals surface area (Å²) in [6.07, 6.45) is 10.6. The van der Waals surface area contributed by atoms with Crippen LogP contribution in [0.5, 0.6) is 0 Å². The first-order valence-electron chi connectivity index (χ1n) is 9.78. The van der Waals surface area contributed by atoms with E-state index in [9.17, 15) is 9.59 Å². The van der Waals surface area contributed by atoms with Crippen LogP contribution in [0.15, 0.2) is 72.8 Å². The average Bonchev–Trinajstić information content (AvgIpc) is 2.74. The van der Waals surface area contributed by atoms with E-state index in [1.807, 2.05) is 60.7 Å². The fourth-order valence-electron chi connectivity index (χ4n) is 3.41. The monoisotopic (exact) mass is 374 g/mol. The van der Waals surface area contributed by atoms with Crippen LogP contribution < -0.4 is 10.6 Å². The molecule has 2 amide bonds. The highest BCUT2D eigenvalue weighted by Gasteiger charge is 2.26. The van der Waals surface area contributed by atoms with Crippen LogP contribution in [0.3, 0.4) is 0 Å². The van der Waals surface area contributed by atoms with Crippen LogP contribution in [0.25, 0.3) is 12.2 Å². The normalized spacial score (nSPS) is 19.6. The van der Waals surface area contributed by atoms with Gasteiger partial charge in [0.2, 0.25) is 11.8 Å². The highest BCUT2D eigenvalue weighted by molar-refractivity contribution is 5.93. The van der Waals surface area contributed by atoms with Gasteiger partial charge in [0.25, 0.3) is 0 Å². The van der Waals surface area contributed by atoms with E-state index in [2.05, 4.69) is 10.6 Å². The first-order chi connectivity index (χ1) is 13.7. The molecule has 0 spiro atoms. The lowest BCUT2D eigenvalue weighted by atomic mass is 9.90. The Morgan fingerprint density at radius 1 is 0.679 bits per heavy atom. The van der Waals surface area contributed by atoms with Gasteiger partial charge in [0.05, 0.1) is 0 Å². The summed E-state index contributed by atoms with van der Waals surface area (Å²) < 4.78 is 0. The summed E-state index contributed by atoms with van der Waals surface area (Å²) in [5, 5.41) is 6.11. The van der Waals surface area contributed by atoms with Crippen molar-refractivity contribution >= 4 is 24.0 Å². The third-order valence-electron chi connectivity index (χ3n) is 4.87.